The molecule has 6 nitrogen and oxygen atoms in total. The van der Waals surface area contributed by atoms with Crippen LogP contribution in [0.3, 0.4) is 0 Å². The van der Waals surface area contributed by atoms with Gasteiger partial charge in [0.25, 0.3) is 0 Å². The highest BCUT2D eigenvalue weighted by atomic mass is 35.5. The Hall–Kier alpha value is -2.97. The van der Waals surface area contributed by atoms with E-state index in [9.17, 15) is 13.6 Å². The lowest BCUT2D eigenvalue weighted by atomic mass is 10.1. The molecule has 0 aliphatic carbocycles. The van der Waals surface area contributed by atoms with E-state index >= 15 is 0 Å². The standard InChI is InChI=1S/C19H13Cl2F2N3O3/c1-28-16-12(20)6-5-11(14(16)23)18-25-15(13(21)17(24)26-18)19(27)29-8-9-3-2-4-10(22)7-9/h2-7H,8H2,1H3,(H2,24,25,26). The average Bonchev–Trinajstić information content (AvgIpc) is 2.69. The second-order valence-electron chi connectivity index (χ2n) is 5.74. The van der Waals surface area contributed by atoms with Crippen molar-refractivity contribution in [2.45, 2.75) is 6.61 Å². The predicted octanol–water partition coefficient (Wildman–Crippen LogP) is 4.68. The molecule has 0 aliphatic rings. The van der Waals surface area contributed by atoms with Crippen molar-refractivity contribution in [1.82, 2.24) is 9.97 Å². The van der Waals surface area contributed by atoms with Gasteiger partial charge in [0.05, 0.1) is 17.7 Å². The van der Waals surface area contributed by atoms with Crippen LogP contribution >= 0.6 is 23.2 Å². The van der Waals surface area contributed by atoms with Crippen LogP contribution in [0.25, 0.3) is 11.4 Å². The highest BCUT2D eigenvalue weighted by Crippen LogP contribution is 2.35. The van der Waals surface area contributed by atoms with Crippen LogP contribution in [-0.2, 0) is 11.3 Å². The van der Waals surface area contributed by atoms with Gasteiger partial charge in [0, 0.05) is 0 Å². The number of carbonyl (C=O) groups is 1. The first-order valence-corrected chi connectivity index (χ1v) is 8.84. The van der Waals surface area contributed by atoms with Crippen LogP contribution in [0.1, 0.15) is 16.1 Å². The number of nitrogens with zero attached hydrogens (tertiary/aromatic N) is 2. The van der Waals surface area contributed by atoms with E-state index in [1.807, 2.05) is 0 Å². The number of halogens is 4. The zero-order chi connectivity index (χ0) is 21.1. The second-order valence-corrected chi connectivity index (χ2v) is 6.53. The monoisotopic (exact) mass is 439 g/mol. The molecule has 29 heavy (non-hydrogen) atoms. The number of nitrogen functional groups attached to an aromatic ring is 1. The summed E-state index contributed by atoms with van der Waals surface area (Å²) in [6.45, 7) is -0.227. The molecule has 0 spiro atoms. The molecule has 2 N–H and O–H groups in total. The molecule has 0 amide bonds. The maximum absolute atomic E-state index is 14.7. The van der Waals surface area contributed by atoms with Gasteiger partial charge in [-0.25, -0.2) is 23.5 Å². The fourth-order valence-corrected chi connectivity index (χ4v) is 2.84. The molecule has 0 saturated heterocycles. The maximum atomic E-state index is 14.7. The van der Waals surface area contributed by atoms with Crippen molar-refractivity contribution >= 4 is 35.0 Å². The molecule has 0 atom stereocenters. The van der Waals surface area contributed by atoms with E-state index in [1.165, 1.54) is 37.4 Å². The van der Waals surface area contributed by atoms with Gasteiger partial charge in [0.15, 0.2) is 23.1 Å². The molecule has 150 valence electrons. The van der Waals surface area contributed by atoms with Gasteiger partial charge in [-0.3, -0.25) is 0 Å². The number of nitrogens with two attached hydrogens (primary N) is 1. The van der Waals surface area contributed by atoms with Crippen LogP contribution < -0.4 is 10.5 Å². The van der Waals surface area contributed by atoms with Crippen molar-refractivity contribution in [3.8, 4) is 17.1 Å². The zero-order valence-electron chi connectivity index (χ0n) is 14.9. The summed E-state index contributed by atoms with van der Waals surface area (Å²) in [6.07, 6.45) is 0. The van der Waals surface area contributed by atoms with Gasteiger partial charge in [-0.2, -0.15) is 0 Å². The Kier molecular flexibility index (Phi) is 6.14. The number of benzene rings is 2. The van der Waals surface area contributed by atoms with Gasteiger partial charge in [-0.1, -0.05) is 35.3 Å². The molecule has 1 heterocycles. The van der Waals surface area contributed by atoms with Crippen LogP contribution in [0.4, 0.5) is 14.6 Å². The number of ether oxygens (including phenoxy) is 2. The van der Waals surface area contributed by atoms with Crippen molar-refractivity contribution in [2.24, 2.45) is 0 Å². The van der Waals surface area contributed by atoms with Crippen LogP contribution in [0.2, 0.25) is 10.0 Å². The molecule has 10 heteroatoms. The van der Waals surface area contributed by atoms with Gasteiger partial charge in [0.1, 0.15) is 23.3 Å². The molecular weight excluding hydrogens is 427 g/mol. The van der Waals surface area contributed by atoms with Gasteiger partial charge < -0.3 is 15.2 Å². The lowest BCUT2D eigenvalue weighted by molar-refractivity contribution is 0.0465. The number of esters is 1. The molecule has 2 aromatic carbocycles. The Morgan fingerprint density at radius 3 is 2.62 bits per heavy atom. The third-order valence-electron chi connectivity index (χ3n) is 3.82. The largest absolute Gasteiger partial charge is 0.492 e. The molecule has 0 fully saturated rings. The molecular formula is C19H13Cl2F2N3O3. The fourth-order valence-electron chi connectivity index (χ4n) is 2.46. The average molecular weight is 440 g/mol. The number of carbonyl (C=O) groups excluding carboxylic acids is 1. The molecule has 0 radical (unpaired) electrons. The Bertz CT molecular complexity index is 1100. The third kappa shape index (κ3) is 4.38. The smallest absolute Gasteiger partial charge is 0.359 e. The minimum absolute atomic E-state index is 0.0467. The molecule has 1 aromatic heterocycles. The number of methoxy groups -OCH3 is 1. The maximum Gasteiger partial charge on any atom is 0.359 e. The van der Waals surface area contributed by atoms with Crippen molar-refractivity contribution in [1.29, 1.82) is 0 Å². The van der Waals surface area contributed by atoms with Gasteiger partial charge >= 0.3 is 5.97 Å². The fraction of sp³-hybridized carbons (Fsp3) is 0.105. The summed E-state index contributed by atoms with van der Waals surface area (Å²) >= 11 is 11.9. The summed E-state index contributed by atoms with van der Waals surface area (Å²) in [6, 6.07) is 8.22. The van der Waals surface area contributed by atoms with E-state index in [0.717, 1.165) is 0 Å². The van der Waals surface area contributed by atoms with Gasteiger partial charge in [-0.15, -0.1) is 0 Å². The number of hydrogen-bond acceptors (Lipinski definition) is 6. The van der Waals surface area contributed by atoms with Crippen molar-refractivity contribution in [3.63, 3.8) is 0 Å². The Morgan fingerprint density at radius 1 is 1.17 bits per heavy atom. The summed E-state index contributed by atoms with van der Waals surface area (Å²) < 4.78 is 38.0. The molecule has 0 aliphatic heterocycles. The topological polar surface area (TPSA) is 87.3 Å². The van der Waals surface area contributed by atoms with Gasteiger partial charge in [0.2, 0.25) is 0 Å². The lowest BCUT2D eigenvalue weighted by Gasteiger charge is -2.11. The van der Waals surface area contributed by atoms with Crippen molar-refractivity contribution in [3.05, 3.63) is 69.3 Å². The minimum atomic E-state index is -0.934. The van der Waals surface area contributed by atoms with E-state index in [2.05, 4.69) is 9.97 Å². The molecule has 3 aromatic rings. The highest BCUT2D eigenvalue weighted by Gasteiger charge is 2.23. The van der Waals surface area contributed by atoms with E-state index in [0.29, 0.717) is 5.56 Å². The Labute approximate surface area is 174 Å². The van der Waals surface area contributed by atoms with Crippen LogP contribution in [0, 0.1) is 11.6 Å². The summed E-state index contributed by atoms with van der Waals surface area (Å²) in [5, 5.41) is -0.204. The first-order valence-electron chi connectivity index (χ1n) is 8.08. The quantitative estimate of drug-likeness (QED) is 0.580. The van der Waals surface area contributed by atoms with E-state index in [4.69, 9.17) is 38.4 Å². The van der Waals surface area contributed by atoms with E-state index in [1.54, 1.807) is 6.07 Å². The number of hydrogen-bond donors (Lipinski definition) is 1. The summed E-state index contributed by atoms with van der Waals surface area (Å²) in [5.41, 5.74) is 5.71. The van der Waals surface area contributed by atoms with Crippen molar-refractivity contribution < 1.29 is 23.0 Å². The molecule has 0 bridgehead atoms. The minimum Gasteiger partial charge on any atom is -0.492 e. The molecule has 0 unspecified atom stereocenters. The first-order chi connectivity index (χ1) is 13.8. The number of aromatic nitrogens is 2. The number of rotatable bonds is 5. The zero-order valence-corrected chi connectivity index (χ0v) is 16.4. The SMILES string of the molecule is COc1c(Cl)ccc(-c2nc(N)c(Cl)c(C(=O)OCc3cccc(F)c3)n2)c1F. The van der Waals surface area contributed by atoms with E-state index < -0.39 is 17.6 Å². The predicted molar refractivity (Wildman–Crippen MR) is 104 cm³/mol. The summed E-state index contributed by atoms with van der Waals surface area (Å²) in [7, 11) is 1.25. The van der Waals surface area contributed by atoms with E-state index in [-0.39, 0.29) is 45.3 Å². The van der Waals surface area contributed by atoms with Gasteiger partial charge in [-0.05, 0) is 29.8 Å². The second kappa shape index (κ2) is 8.59. The summed E-state index contributed by atoms with van der Waals surface area (Å²) in [5.74, 6) is -2.91. The Balaban J connectivity index is 1.95. The lowest BCUT2D eigenvalue weighted by Crippen LogP contribution is -2.12. The number of anilines is 1. The van der Waals surface area contributed by atoms with Crippen molar-refractivity contribution in [2.75, 3.05) is 12.8 Å². The summed E-state index contributed by atoms with van der Waals surface area (Å²) in [4.78, 5) is 20.3. The molecule has 3 rings (SSSR count). The highest BCUT2D eigenvalue weighted by molar-refractivity contribution is 6.35. The van der Waals surface area contributed by atoms with Crippen LogP contribution in [0.15, 0.2) is 36.4 Å². The first kappa shape index (κ1) is 20.8. The molecule has 0 saturated carbocycles. The Morgan fingerprint density at radius 2 is 1.93 bits per heavy atom. The van der Waals surface area contributed by atoms with Crippen LogP contribution in [-0.4, -0.2) is 23.0 Å². The van der Waals surface area contributed by atoms with Crippen LogP contribution in [0.5, 0.6) is 5.75 Å². The normalized spacial score (nSPS) is 10.7. The third-order valence-corrected chi connectivity index (χ3v) is 4.49.